The number of rotatable bonds is 4. The quantitative estimate of drug-likeness (QED) is 0.689. The van der Waals surface area contributed by atoms with Gasteiger partial charge in [0, 0.05) is 25.9 Å². The molecule has 2 rings (SSSR count). The predicted octanol–water partition coefficient (Wildman–Crippen LogP) is 2.68. The highest BCUT2D eigenvalue weighted by atomic mass is 29.5. The Hall–Kier alpha value is 0.651. The average Bonchev–Trinajstić information content (AvgIpc) is 2.38. The van der Waals surface area contributed by atoms with Crippen LogP contribution >= 0.6 is 0 Å². The van der Waals surface area contributed by atoms with E-state index in [1.54, 1.807) is 64.2 Å². The third-order valence-corrected chi connectivity index (χ3v) is 29.1. The van der Waals surface area contributed by atoms with Crippen LogP contribution < -0.4 is 0 Å². The van der Waals surface area contributed by atoms with Crippen LogP contribution in [0.1, 0.15) is 64.2 Å². The molecule has 0 atom stereocenters. The lowest BCUT2D eigenvalue weighted by Crippen LogP contribution is -2.38. The van der Waals surface area contributed by atoms with E-state index in [0.29, 0.717) is 17.6 Å². The Morgan fingerprint density at radius 3 is 1.56 bits per heavy atom. The van der Waals surface area contributed by atoms with Crippen LogP contribution in [0.25, 0.3) is 0 Å². The number of hydrogen-bond donors (Lipinski definition) is 0. The molecule has 16 heavy (non-hydrogen) atoms. The summed E-state index contributed by atoms with van der Waals surface area (Å²) < 4.78 is 0. The maximum absolute atomic E-state index is 2.62. The van der Waals surface area contributed by atoms with Gasteiger partial charge in [-0.1, -0.05) is 81.8 Å². The Morgan fingerprint density at radius 1 is 0.750 bits per heavy atom. The second-order valence-electron chi connectivity index (χ2n) is 6.25. The van der Waals surface area contributed by atoms with Gasteiger partial charge in [-0.25, -0.2) is 0 Å². The molecular formula is C13H30Si3. The SMILES string of the molecule is C[SiH2][SiH2][SiH](C1CCCCC1)C1CCCCC1. The Labute approximate surface area is 108 Å². The second-order valence-corrected chi connectivity index (χ2v) is 23.8. The molecule has 0 heterocycles. The summed E-state index contributed by atoms with van der Waals surface area (Å²) in [6.45, 7) is 2.62. The minimum atomic E-state index is -0.196. The number of hydrogen-bond acceptors (Lipinski definition) is 0. The minimum Gasteiger partial charge on any atom is -0.0773 e. The van der Waals surface area contributed by atoms with Gasteiger partial charge < -0.3 is 0 Å². The molecule has 0 N–H and O–H groups in total. The maximum atomic E-state index is 2.62. The van der Waals surface area contributed by atoms with Crippen molar-refractivity contribution in [3.8, 4) is 0 Å². The molecule has 0 radical (unpaired) electrons. The molecule has 0 aliphatic heterocycles. The van der Waals surface area contributed by atoms with Crippen LogP contribution in [0.15, 0.2) is 0 Å². The summed E-state index contributed by atoms with van der Waals surface area (Å²) in [7, 11) is 0.805. The van der Waals surface area contributed by atoms with Gasteiger partial charge in [-0.3, -0.25) is 0 Å². The molecule has 0 saturated heterocycles. The Bertz CT molecular complexity index is 166. The lowest BCUT2D eigenvalue weighted by atomic mass is 9.99. The van der Waals surface area contributed by atoms with Gasteiger partial charge in [0.15, 0.2) is 0 Å². The summed E-state index contributed by atoms with van der Waals surface area (Å²) in [6.07, 6.45) is 16.2. The van der Waals surface area contributed by atoms with Gasteiger partial charge in [0.05, 0.1) is 0 Å². The summed E-state index contributed by atoms with van der Waals surface area (Å²) in [4.78, 5) is 0. The normalized spacial score (nSPS) is 26.6. The van der Waals surface area contributed by atoms with Crippen molar-refractivity contribution in [2.75, 3.05) is 0 Å². The standard InChI is InChI=1S/C13H30Si3/c1-14-15-16(12-8-4-2-5-9-12)13-10-6-3-7-11-13/h12-13,16H,2-11,14-15H2,1H3. The zero-order valence-electron chi connectivity index (χ0n) is 11.2. The van der Waals surface area contributed by atoms with Gasteiger partial charge in [-0.05, 0) is 0 Å². The van der Waals surface area contributed by atoms with Gasteiger partial charge in [0.1, 0.15) is 0 Å². The van der Waals surface area contributed by atoms with Gasteiger partial charge in [0.2, 0.25) is 0 Å². The van der Waals surface area contributed by atoms with Crippen molar-refractivity contribution in [2.45, 2.75) is 81.8 Å². The summed E-state index contributed by atoms with van der Waals surface area (Å²) >= 11 is 0. The molecule has 0 bridgehead atoms. The molecule has 2 aliphatic rings. The molecule has 2 fully saturated rings. The van der Waals surface area contributed by atoms with Crippen LogP contribution in [0.5, 0.6) is 0 Å². The molecule has 0 unspecified atom stereocenters. The molecule has 94 valence electrons. The zero-order chi connectivity index (χ0) is 11.2. The molecule has 0 spiro atoms. The Morgan fingerprint density at radius 2 is 1.19 bits per heavy atom. The van der Waals surface area contributed by atoms with E-state index in [4.69, 9.17) is 0 Å². The molecule has 0 aromatic rings. The topological polar surface area (TPSA) is 0 Å². The molecule has 0 amide bonds. The van der Waals surface area contributed by atoms with Crippen molar-refractivity contribution < 1.29 is 0 Å². The largest absolute Gasteiger partial charge is 0.0773 e. The van der Waals surface area contributed by atoms with Crippen molar-refractivity contribution in [2.24, 2.45) is 0 Å². The van der Waals surface area contributed by atoms with Crippen molar-refractivity contribution in [3.63, 3.8) is 0 Å². The molecule has 0 aromatic heterocycles. The van der Waals surface area contributed by atoms with E-state index in [1.807, 2.05) is 0 Å². The van der Waals surface area contributed by atoms with Crippen LogP contribution in [0.4, 0.5) is 0 Å². The fraction of sp³-hybridized carbons (Fsp3) is 1.00. The van der Waals surface area contributed by atoms with E-state index >= 15 is 0 Å². The fourth-order valence-electron chi connectivity index (χ4n) is 4.31. The van der Waals surface area contributed by atoms with Crippen LogP contribution in [-0.4, -0.2) is 25.9 Å². The highest BCUT2D eigenvalue weighted by Crippen LogP contribution is 2.40. The van der Waals surface area contributed by atoms with Crippen molar-refractivity contribution in [1.82, 2.24) is 0 Å². The first-order chi connectivity index (χ1) is 7.92. The lowest BCUT2D eigenvalue weighted by Gasteiger charge is -2.36. The smallest absolute Gasteiger partial charge is 0.0274 e. The third kappa shape index (κ3) is 3.57. The molecule has 2 aliphatic carbocycles. The third-order valence-electron chi connectivity index (χ3n) is 5.13. The monoisotopic (exact) mass is 270 g/mol. The predicted molar refractivity (Wildman–Crippen MR) is 83.8 cm³/mol. The van der Waals surface area contributed by atoms with Crippen molar-refractivity contribution in [1.29, 1.82) is 0 Å². The Kier molecular flexibility index (Phi) is 5.86. The highest BCUT2D eigenvalue weighted by molar-refractivity contribution is 7.36. The molecule has 3 heteroatoms. The lowest BCUT2D eigenvalue weighted by molar-refractivity contribution is 0.467. The molecular weight excluding hydrogens is 240 g/mol. The van der Waals surface area contributed by atoms with E-state index in [1.165, 1.54) is 11.1 Å². The first-order valence-electron chi connectivity index (χ1n) is 7.92. The first kappa shape index (κ1) is 13.1. The van der Waals surface area contributed by atoms with E-state index in [0.717, 1.165) is 0 Å². The van der Waals surface area contributed by atoms with E-state index in [9.17, 15) is 0 Å². The Balaban J connectivity index is 1.91. The van der Waals surface area contributed by atoms with Crippen LogP contribution in [-0.2, 0) is 0 Å². The van der Waals surface area contributed by atoms with Gasteiger partial charge in [-0.15, -0.1) is 0 Å². The van der Waals surface area contributed by atoms with Gasteiger partial charge >= 0.3 is 0 Å². The minimum absolute atomic E-state index is 0.196. The zero-order valence-corrected chi connectivity index (χ0v) is 15.2. The van der Waals surface area contributed by atoms with Gasteiger partial charge in [-0.2, -0.15) is 0 Å². The van der Waals surface area contributed by atoms with E-state index in [2.05, 4.69) is 6.55 Å². The molecule has 0 aromatic carbocycles. The summed E-state index contributed by atoms with van der Waals surface area (Å²) in [6, 6.07) is 0. The second kappa shape index (κ2) is 7.17. The van der Waals surface area contributed by atoms with Crippen LogP contribution in [0, 0.1) is 0 Å². The fourth-order valence-corrected chi connectivity index (χ4v) is 31.5. The summed E-state index contributed by atoms with van der Waals surface area (Å²) in [5.41, 5.74) is 2.69. The summed E-state index contributed by atoms with van der Waals surface area (Å²) in [5.74, 6) is 0. The first-order valence-corrected chi connectivity index (χ1v) is 17.9. The highest BCUT2D eigenvalue weighted by Gasteiger charge is 2.31. The van der Waals surface area contributed by atoms with E-state index in [-0.39, 0.29) is 8.31 Å². The maximum Gasteiger partial charge on any atom is 0.0274 e. The van der Waals surface area contributed by atoms with Gasteiger partial charge in [0.25, 0.3) is 0 Å². The average molecular weight is 271 g/mol. The summed E-state index contributed by atoms with van der Waals surface area (Å²) in [5, 5.41) is 0. The van der Waals surface area contributed by atoms with Crippen molar-refractivity contribution >= 4 is 25.9 Å². The van der Waals surface area contributed by atoms with Crippen LogP contribution in [0.2, 0.25) is 17.6 Å². The van der Waals surface area contributed by atoms with Crippen LogP contribution in [0.3, 0.4) is 0 Å². The molecule has 2 saturated carbocycles. The molecule has 0 nitrogen and oxygen atoms in total. The van der Waals surface area contributed by atoms with Crippen molar-refractivity contribution in [3.05, 3.63) is 0 Å². The van der Waals surface area contributed by atoms with E-state index < -0.39 is 0 Å².